The molecule has 0 aliphatic rings. The van der Waals surface area contributed by atoms with Crippen LogP contribution in [0.15, 0.2) is 12.5 Å². The maximum absolute atomic E-state index is 11.3. The third kappa shape index (κ3) is 3.26. The van der Waals surface area contributed by atoms with Crippen molar-refractivity contribution in [3.8, 4) is 0 Å². The molecule has 0 aromatic carbocycles. The number of aromatic nitrogens is 2. The molecule has 3 N–H and O–H groups in total. The zero-order chi connectivity index (χ0) is 12.1. The SMILES string of the molecule is CN(C)C(=O)N[C@H](Cc1cnc[nH]1)C(=O)O. The molecule has 0 aliphatic heterocycles. The number of carboxylic acids is 1. The van der Waals surface area contributed by atoms with Crippen LogP contribution in [0, 0.1) is 0 Å². The van der Waals surface area contributed by atoms with E-state index in [4.69, 9.17) is 5.11 Å². The number of nitrogens with zero attached hydrogens (tertiary/aromatic N) is 2. The van der Waals surface area contributed by atoms with E-state index in [9.17, 15) is 9.59 Å². The van der Waals surface area contributed by atoms with Gasteiger partial charge in [-0.15, -0.1) is 0 Å². The predicted octanol–water partition coefficient (Wildman–Crippen LogP) is -0.323. The number of amides is 2. The lowest BCUT2D eigenvalue weighted by Gasteiger charge is -2.17. The van der Waals surface area contributed by atoms with Crippen molar-refractivity contribution >= 4 is 12.0 Å². The molecule has 2 amide bonds. The second-order valence-corrected chi connectivity index (χ2v) is 3.52. The Labute approximate surface area is 92.5 Å². The first-order valence-electron chi connectivity index (χ1n) is 4.68. The first kappa shape index (κ1) is 12.0. The Balaban J connectivity index is 2.62. The second-order valence-electron chi connectivity index (χ2n) is 3.52. The molecule has 0 bridgehead atoms. The quantitative estimate of drug-likeness (QED) is 0.655. The highest BCUT2D eigenvalue weighted by atomic mass is 16.4. The summed E-state index contributed by atoms with van der Waals surface area (Å²) in [5, 5.41) is 11.3. The Morgan fingerprint density at radius 2 is 2.31 bits per heavy atom. The van der Waals surface area contributed by atoms with Gasteiger partial charge in [0, 0.05) is 32.4 Å². The normalized spacial score (nSPS) is 11.9. The van der Waals surface area contributed by atoms with E-state index in [-0.39, 0.29) is 6.42 Å². The van der Waals surface area contributed by atoms with E-state index in [2.05, 4.69) is 15.3 Å². The highest BCUT2D eigenvalue weighted by Crippen LogP contribution is 1.99. The van der Waals surface area contributed by atoms with Gasteiger partial charge in [0.1, 0.15) is 6.04 Å². The highest BCUT2D eigenvalue weighted by molar-refractivity contribution is 5.82. The van der Waals surface area contributed by atoms with Crippen molar-refractivity contribution in [2.75, 3.05) is 14.1 Å². The number of nitrogens with one attached hydrogen (secondary N) is 2. The molecule has 1 aromatic rings. The van der Waals surface area contributed by atoms with Crippen molar-refractivity contribution < 1.29 is 14.7 Å². The van der Waals surface area contributed by atoms with Gasteiger partial charge in [-0.1, -0.05) is 0 Å². The van der Waals surface area contributed by atoms with Crippen LogP contribution in [0.2, 0.25) is 0 Å². The molecule has 7 nitrogen and oxygen atoms in total. The topological polar surface area (TPSA) is 98.3 Å². The van der Waals surface area contributed by atoms with Crippen LogP contribution in [0.3, 0.4) is 0 Å². The summed E-state index contributed by atoms with van der Waals surface area (Å²) in [4.78, 5) is 30.1. The minimum atomic E-state index is -1.08. The number of hydrogen-bond donors (Lipinski definition) is 3. The zero-order valence-electron chi connectivity index (χ0n) is 9.10. The van der Waals surface area contributed by atoms with Crippen molar-refractivity contribution in [1.82, 2.24) is 20.2 Å². The first-order chi connectivity index (χ1) is 7.50. The molecule has 88 valence electrons. The molecule has 0 spiro atoms. The lowest BCUT2D eigenvalue weighted by Crippen LogP contribution is -2.46. The minimum absolute atomic E-state index is 0.176. The Bertz CT molecular complexity index is 361. The van der Waals surface area contributed by atoms with E-state index >= 15 is 0 Å². The molecule has 1 aromatic heterocycles. The van der Waals surface area contributed by atoms with Crippen molar-refractivity contribution in [3.63, 3.8) is 0 Å². The Hall–Kier alpha value is -2.05. The summed E-state index contributed by atoms with van der Waals surface area (Å²) in [7, 11) is 3.09. The van der Waals surface area contributed by atoms with Crippen LogP contribution in [0.25, 0.3) is 0 Å². The van der Waals surface area contributed by atoms with Crippen LogP contribution in [-0.2, 0) is 11.2 Å². The average Bonchev–Trinajstić information content (AvgIpc) is 2.68. The smallest absolute Gasteiger partial charge is 0.326 e. The Kier molecular flexibility index (Phi) is 3.87. The lowest BCUT2D eigenvalue weighted by molar-refractivity contribution is -0.139. The maximum Gasteiger partial charge on any atom is 0.326 e. The molecule has 7 heteroatoms. The summed E-state index contributed by atoms with van der Waals surface area (Å²) in [5.41, 5.74) is 0.659. The van der Waals surface area contributed by atoms with E-state index in [0.717, 1.165) is 0 Å². The fourth-order valence-corrected chi connectivity index (χ4v) is 1.09. The molecular formula is C9H14N4O3. The van der Waals surface area contributed by atoms with E-state index < -0.39 is 18.0 Å². The number of carbonyl (C=O) groups is 2. The Morgan fingerprint density at radius 3 is 2.75 bits per heavy atom. The molecule has 0 saturated carbocycles. The number of urea groups is 1. The van der Waals surface area contributed by atoms with Gasteiger partial charge in [0.2, 0.25) is 0 Å². The summed E-state index contributed by atoms with van der Waals surface area (Å²) in [6.07, 6.45) is 3.16. The molecule has 1 atom stereocenters. The maximum atomic E-state index is 11.3. The molecule has 0 fully saturated rings. The highest BCUT2D eigenvalue weighted by Gasteiger charge is 2.21. The Morgan fingerprint density at radius 1 is 1.62 bits per heavy atom. The summed E-state index contributed by atoms with van der Waals surface area (Å²) in [6.45, 7) is 0. The van der Waals surface area contributed by atoms with Crippen LogP contribution in [0.5, 0.6) is 0 Å². The summed E-state index contributed by atoms with van der Waals surface area (Å²) in [5.74, 6) is -1.08. The number of rotatable bonds is 4. The lowest BCUT2D eigenvalue weighted by atomic mass is 10.2. The number of aliphatic carboxylic acids is 1. The van der Waals surface area contributed by atoms with Crippen LogP contribution >= 0.6 is 0 Å². The number of H-pyrrole nitrogens is 1. The van der Waals surface area contributed by atoms with Gasteiger partial charge in [0.05, 0.1) is 6.33 Å². The third-order valence-corrected chi connectivity index (χ3v) is 1.98. The number of carboxylic acid groups (broad SMARTS) is 1. The molecule has 16 heavy (non-hydrogen) atoms. The number of hydrogen-bond acceptors (Lipinski definition) is 3. The van der Waals surface area contributed by atoms with Gasteiger partial charge < -0.3 is 20.3 Å². The van der Waals surface area contributed by atoms with Crippen molar-refractivity contribution in [1.29, 1.82) is 0 Å². The van der Waals surface area contributed by atoms with Crippen molar-refractivity contribution in [2.24, 2.45) is 0 Å². The fraction of sp³-hybridized carbons (Fsp3) is 0.444. The number of imidazole rings is 1. The predicted molar refractivity (Wildman–Crippen MR) is 55.9 cm³/mol. The van der Waals surface area contributed by atoms with E-state index in [0.29, 0.717) is 5.69 Å². The molecule has 1 rings (SSSR count). The monoisotopic (exact) mass is 226 g/mol. The summed E-state index contributed by atoms with van der Waals surface area (Å²) in [6, 6.07) is -1.40. The average molecular weight is 226 g/mol. The summed E-state index contributed by atoms with van der Waals surface area (Å²) >= 11 is 0. The van der Waals surface area contributed by atoms with E-state index in [1.54, 1.807) is 14.1 Å². The molecule has 0 aliphatic carbocycles. The van der Waals surface area contributed by atoms with Gasteiger partial charge in [-0.25, -0.2) is 14.6 Å². The van der Waals surface area contributed by atoms with Crippen LogP contribution in [0.4, 0.5) is 4.79 Å². The minimum Gasteiger partial charge on any atom is -0.480 e. The van der Waals surface area contributed by atoms with E-state index in [1.807, 2.05) is 0 Å². The van der Waals surface area contributed by atoms with Crippen LogP contribution < -0.4 is 5.32 Å². The van der Waals surface area contributed by atoms with Crippen LogP contribution in [0.1, 0.15) is 5.69 Å². The standard InChI is InChI=1S/C9H14N4O3/c1-13(2)9(16)12-7(8(14)15)3-6-4-10-5-11-6/h4-5,7H,3H2,1-2H3,(H,10,11)(H,12,16)(H,14,15)/t7-/m1/s1. The van der Waals surface area contributed by atoms with Gasteiger partial charge in [-0.3, -0.25) is 0 Å². The van der Waals surface area contributed by atoms with Crippen molar-refractivity contribution in [2.45, 2.75) is 12.5 Å². The zero-order valence-corrected chi connectivity index (χ0v) is 9.10. The van der Waals surface area contributed by atoms with Crippen LogP contribution in [-0.4, -0.2) is 52.1 Å². The molecular weight excluding hydrogens is 212 g/mol. The molecule has 0 unspecified atom stereocenters. The molecule has 1 heterocycles. The van der Waals surface area contributed by atoms with Gasteiger partial charge in [0.15, 0.2) is 0 Å². The fourth-order valence-electron chi connectivity index (χ4n) is 1.09. The third-order valence-electron chi connectivity index (χ3n) is 1.98. The largest absolute Gasteiger partial charge is 0.480 e. The molecule has 0 saturated heterocycles. The van der Waals surface area contributed by atoms with Gasteiger partial charge in [-0.05, 0) is 0 Å². The summed E-state index contributed by atoms with van der Waals surface area (Å²) < 4.78 is 0. The number of aromatic amines is 1. The first-order valence-corrected chi connectivity index (χ1v) is 4.68. The second kappa shape index (κ2) is 5.15. The van der Waals surface area contributed by atoms with Gasteiger partial charge in [0.25, 0.3) is 0 Å². The number of carbonyl (C=O) groups excluding carboxylic acids is 1. The molecule has 0 radical (unpaired) electrons. The van der Waals surface area contributed by atoms with Crippen molar-refractivity contribution in [3.05, 3.63) is 18.2 Å². The van der Waals surface area contributed by atoms with Gasteiger partial charge in [-0.2, -0.15) is 0 Å². The van der Waals surface area contributed by atoms with Gasteiger partial charge >= 0.3 is 12.0 Å². The van der Waals surface area contributed by atoms with E-state index in [1.165, 1.54) is 17.4 Å².